The standard InChI is InChI=1S/C23H21NO2/c1-15-11-17(12-16(2)24-15)13-23(25)26-14-22-20-9-5-3-7-18(20)19-8-4-6-10-21(19)22/h3-12,22H,13-14H2,1-2H3. The van der Waals surface area contributed by atoms with E-state index >= 15 is 0 Å². The third-order valence-electron chi connectivity index (χ3n) is 4.86. The number of rotatable bonds is 4. The number of hydrogen-bond acceptors (Lipinski definition) is 3. The third-order valence-corrected chi connectivity index (χ3v) is 4.86. The first-order chi connectivity index (χ1) is 12.6. The Morgan fingerprint density at radius 3 is 2.04 bits per heavy atom. The van der Waals surface area contributed by atoms with E-state index in [0.717, 1.165) is 17.0 Å². The van der Waals surface area contributed by atoms with E-state index in [1.807, 2.05) is 38.1 Å². The highest BCUT2D eigenvalue weighted by Crippen LogP contribution is 2.44. The largest absolute Gasteiger partial charge is 0.464 e. The summed E-state index contributed by atoms with van der Waals surface area (Å²) >= 11 is 0. The van der Waals surface area contributed by atoms with Gasteiger partial charge in [0.1, 0.15) is 6.61 Å². The second kappa shape index (κ2) is 6.75. The molecule has 0 N–H and O–H groups in total. The molecule has 3 aromatic rings. The van der Waals surface area contributed by atoms with Gasteiger partial charge in [0.2, 0.25) is 0 Å². The van der Waals surface area contributed by atoms with Gasteiger partial charge in [0, 0.05) is 17.3 Å². The molecule has 0 fully saturated rings. The summed E-state index contributed by atoms with van der Waals surface area (Å²) in [6.07, 6.45) is 0.278. The third kappa shape index (κ3) is 3.13. The Kier molecular flexibility index (Phi) is 4.29. The van der Waals surface area contributed by atoms with E-state index in [9.17, 15) is 4.79 Å². The van der Waals surface area contributed by atoms with Gasteiger partial charge in [-0.25, -0.2) is 0 Å². The van der Waals surface area contributed by atoms with Crippen molar-refractivity contribution >= 4 is 5.97 Å². The smallest absolute Gasteiger partial charge is 0.310 e. The van der Waals surface area contributed by atoms with Gasteiger partial charge in [0.25, 0.3) is 0 Å². The van der Waals surface area contributed by atoms with Crippen molar-refractivity contribution in [2.45, 2.75) is 26.2 Å². The van der Waals surface area contributed by atoms with Crippen LogP contribution < -0.4 is 0 Å². The van der Waals surface area contributed by atoms with Gasteiger partial charge >= 0.3 is 5.97 Å². The fraction of sp³-hybridized carbons (Fsp3) is 0.217. The minimum absolute atomic E-state index is 0.104. The highest BCUT2D eigenvalue weighted by atomic mass is 16.5. The minimum atomic E-state index is -0.197. The lowest BCUT2D eigenvalue weighted by molar-refractivity contribution is -0.143. The first-order valence-electron chi connectivity index (χ1n) is 8.90. The number of pyridine rings is 1. The zero-order chi connectivity index (χ0) is 18.1. The minimum Gasteiger partial charge on any atom is -0.464 e. The quantitative estimate of drug-likeness (QED) is 0.650. The molecule has 1 aliphatic carbocycles. The summed E-state index contributed by atoms with van der Waals surface area (Å²) < 4.78 is 5.66. The van der Waals surface area contributed by atoms with Crippen LogP contribution in [0.25, 0.3) is 11.1 Å². The molecule has 0 spiro atoms. The highest BCUT2D eigenvalue weighted by Gasteiger charge is 2.28. The average Bonchev–Trinajstić information content (AvgIpc) is 2.93. The van der Waals surface area contributed by atoms with Crippen molar-refractivity contribution in [2.75, 3.05) is 6.61 Å². The van der Waals surface area contributed by atoms with Gasteiger partial charge in [-0.05, 0) is 53.8 Å². The number of hydrogen-bond donors (Lipinski definition) is 0. The lowest BCUT2D eigenvalue weighted by Crippen LogP contribution is -2.14. The normalized spacial score (nSPS) is 12.5. The number of carbonyl (C=O) groups excluding carboxylic acids is 1. The number of ether oxygens (including phenoxy) is 1. The molecule has 3 nitrogen and oxygen atoms in total. The maximum Gasteiger partial charge on any atom is 0.310 e. The van der Waals surface area contributed by atoms with Crippen molar-refractivity contribution in [3.63, 3.8) is 0 Å². The molecule has 1 heterocycles. The molecule has 4 rings (SSSR count). The predicted molar refractivity (Wildman–Crippen MR) is 102 cm³/mol. The number of nitrogens with zero attached hydrogens (tertiary/aromatic N) is 1. The summed E-state index contributed by atoms with van der Waals surface area (Å²) in [5.41, 5.74) is 7.74. The molecule has 0 saturated heterocycles. The summed E-state index contributed by atoms with van der Waals surface area (Å²) in [4.78, 5) is 16.7. The van der Waals surface area contributed by atoms with Crippen molar-refractivity contribution in [2.24, 2.45) is 0 Å². The fourth-order valence-electron chi connectivity index (χ4n) is 3.86. The molecular formula is C23H21NO2. The Morgan fingerprint density at radius 1 is 0.923 bits per heavy atom. The van der Waals surface area contributed by atoms with Crippen molar-refractivity contribution in [3.05, 3.63) is 88.7 Å². The second-order valence-corrected chi connectivity index (χ2v) is 6.85. The van der Waals surface area contributed by atoms with Crippen LogP contribution in [0.3, 0.4) is 0 Å². The van der Waals surface area contributed by atoms with E-state index in [2.05, 4.69) is 41.4 Å². The Bertz CT molecular complexity index is 912. The zero-order valence-electron chi connectivity index (χ0n) is 15.0. The fourth-order valence-corrected chi connectivity index (χ4v) is 3.86. The molecule has 0 amide bonds. The van der Waals surface area contributed by atoms with Gasteiger partial charge in [-0.3, -0.25) is 9.78 Å². The maximum atomic E-state index is 12.4. The summed E-state index contributed by atoms with van der Waals surface area (Å²) in [7, 11) is 0. The van der Waals surface area contributed by atoms with E-state index in [-0.39, 0.29) is 18.3 Å². The molecule has 0 atom stereocenters. The number of benzene rings is 2. The van der Waals surface area contributed by atoms with Gasteiger partial charge in [-0.1, -0.05) is 48.5 Å². The van der Waals surface area contributed by atoms with Crippen molar-refractivity contribution < 1.29 is 9.53 Å². The summed E-state index contributed by atoms with van der Waals surface area (Å²) in [5.74, 6) is -0.0934. The molecular weight excluding hydrogens is 322 g/mol. The van der Waals surface area contributed by atoms with E-state index in [4.69, 9.17) is 4.74 Å². The summed E-state index contributed by atoms with van der Waals surface area (Å²) in [6.45, 7) is 4.25. The Hall–Kier alpha value is -2.94. The lowest BCUT2D eigenvalue weighted by Gasteiger charge is -2.14. The monoisotopic (exact) mass is 343 g/mol. The summed E-state index contributed by atoms with van der Waals surface area (Å²) in [6, 6.07) is 20.6. The number of aromatic nitrogens is 1. The van der Waals surface area contributed by atoms with Crippen molar-refractivity contribution in [1.29, 1.82) is 0 Å². The number of aryl methyl sites for hydroxylation is 2. The van der Waals surface area contributed by atoms with Crippen LogP contribution in [0.4, 0.5) is 0 Å². The SMILES string of the molecule is Cc1cc(CC(=O)OCC2c3ccccc3-c3ccccc32)cc(C)n1. The summed E-state index contributed by atoms with van der Waals surface area (Å²) in [5, 5.41) is 0. The van der Waals surface area contributed by atoms with Gasteiger partial charge in [0.05, 0.1) is 6.42 Å². The van der Waals surface area contributed by atoms with E-state index < -0.39 is 0 Å². The van der Waals surface area contributed by atoms with Crippen LogP contribution in [0.1, 0.15) is 34.0 Å². The molecule has 0 saturated carbocycles. The molecule has 1 aromatic heterocycles. The first-order valence-corrected chi connectivity index (χ1v) is 8.90. The highest BCUT2D eigenvalue weighted by molar-refractivity contribution is 5.79. The Morgan fingerprint density at radius 2 is 1.46 bits per heavy atom. The number of carbonyl (C=O) groups is 1. The van der Waals surface area contributed by atoms with Gasteiger partial charge < -0.3 is 4.74 Å². The van der Waals surface area contributed by atoms with Crippen LogP contribution in [-0.4, -0.2) is 17.6 Å². The van der Waals surface area contributed by atoms with E-state index in [0.29, 0.717) is 6.61 Å². The molecule has 26 heavy (non-hydrogen) atoms. The van der Waals surface area contributed by atoms with Crippen LogP contribution in [0.2, 0.25) is 0 Å². The predicted octanol–water partition coefficient (Wildman–Crippen LogP) is 4.60. The Balaban J connectivity index is 1.50. The molecule has 0 radical (unpaired) electrons. The molecule has 0 unspecified atom stereocenters. The number of esters is 1. The van der Waals surface area contributed by atoms with Crippen LogP contribution in [0, 0.1) is 13.8 Å². The topological polar surface area (TPSA) is 39.2 Å². The van der Waals surface area contributed by atoms with Crippen LogP contribution in [0.5, 0.6) is 0 Å². The molecule has 1 aliphatic rings. The van der Waals surface area contributed by atoms with Crippen molar-refractivity contribution in [1.82, 2.24) is 4.98 Å². The number of fused-ring (bicyclic) bond motifs is 3. The van der Waals surface area contributed by atoms with Gasteiger partial charge in [-0.15, -0.1) is 0 Å². The Labute approximate surface area is 153 Å². The van der Waals surface area contributed by atoms with Crippen LogP contribution in [0.15, 0.2) is 60.7 Å². The van der Waals surface area contributed by atoms with E-state index in [1.165, 1.54) is 22.3 Å². The molecule has 2 aromatic carbocycles. The van der Waals surface area contributed by atoms with Gasteiger partial charge in [0.15, 0.2) is 0 Å². The van der Waals surface area contributed by atoms with Gasteiger partial charge in [-0.2, -0.15) is 0 Å². The lowest BCUT2D eigenvalue weighted by atomic mass is 9.98. The average molecular weight is 343 g/mol. The van der Waals surface area contributed by atoms with Crippen LogP contribution in [-0.2, 0) is 16.0 Å². The first kappa shape index (κ1) is 16.5. The molecule has 0 bridgehead atoms. The molecule has 130 valence electrons. The second-order valence-electron chi connectivity index (χ2n) is 6.85. The van der Waals surface area contributed by atoms with E-state index in [1.54, 1.807) is 0 Å². The maximum absolute atomic E-state index is 12.4. The van der Waals surface area contributed by atoms with Crippen LogP contribution >= 0.6 is 0 Å². The van der Waals surface area contributed by atoms with Crippen molar-refractivity contribution in [3.8, 4) is 11.1 Å². The molecule has 3 heteroatoms. The molecule has 0 aliphatic heterocycles. The zero-order valence-corrected chi connectivity index (χ0v) is 15.0.